The van der Waals surface area contributed by atoms with E-state index in [1.165, 1.54) is 0 Å². The Bertz CT molecular complexity index is 161. The van der Waals surface area contributed by atoms with Gasteiger partial charge in [-0.25, -0.2) is 0 Å². The van der Waals surface area contributed by atoms with Gasteiger partial charge in [-0.2, -0.15) is 5.26 Å². The molecule has 0 radical (unpaired) electrons. The maximum Gasteiger partial charge on any atom is 0.0722 e. The van der Waals surface area contributed by atoms with Crippen molar-refractivity contribution in [1.82, 2.24) is 0 Å². The van der Waals surface area contributed by atoms with E-state index in [-0.39, 0.29) is 12.0 Å². The molecule has 0 bridgehead atoms. The van der Waals surface area contributed by atoms with Crippen molar-refractivity contribution in [2.45, 2.75) is 38.7 Å². The molecule has 3 atom stereocenters. The van der Waals surface area contributed by atoms with Gasteiger partial charge in [-0.15, -0.1) is 0 Å². The first-order valence-electron chi connectivity index (χ1n) is 4.35. The fourth-order valence-electron chi connectivity index (χ4n) is 1.75. The highest BCUT2D eigenvalue weighted by molar-refractivity contribution is 4.92. The van der Waals surface area contributed by atoms with Gasteiger partial charge in [0, 0.05) is 0 Å². The molecule has 0 aromatic carbocycles. The van der Waals surface area contributed by atoms with Gasteiger partial charge in [0.1, 0.15) is 0 Å². The molecule has 2 unspecified atom stereocenters. The number of hydrogen-bond donors (Lipinski definition) is 1. The zero-order valence-corrected chi connectivity index (χ0v) is 6.95. The molecule has 0 saturated heterocycles. The highest BCUT2D eigenvalue weighted by Gasteiger charge is 2.27. The molecule has 62 valence electrons. The van der Waals surface area contributed by atoms with Gasteiger partial charge >= 0.3 is 0 Å². The van der Waals surface area contributed by atoms with Crippen LogP contribution in [0.5, 0.6) is 0 Å². The highest BCUT2D eigenvalue weighted by atomic mass is 16.3. The maximum absolute atomic E-state index is 9.45. The summed E-state index contributed by atoms with van der Waals surface area (Å²) in [5.41, 5.74) is 0. The molecular weight excluding hydrogens is 138 g/mol. The quantitative estimate of drug-likeness (QED) is 0.623. The highest BCUT2D eigenvalue weighted by Crippen LogP contribution is 2.30. The van der Waals surface area contributed by atoms with Crippen molar-refractivity contribution in [3.8, 4) is 6.07 Å². The summed E-state index contributed by atoms with van der Waals surface area (Å²) in [6.45, 7) is 2.14. The second-order valence-electron chi connectivity index (χ2n) is 3.39. The van der Waals surface area contributed by atoms with Gasteiger partial charge in [0.25, 0.3) is 0 Å². The van der Waals surface area contributed by atoms with Crippen LogP contribution in [0.25, 0.3) is 0 Å². The fourth-order valence-corrected chi connectivity index (χ4v) is 1.75. The molecule has 0 spiro atoms. The third kappa shape index (κ3) is 1.94. The zero-order valence-electron chi connectivity index (χ0n) is 6.95. The average molecular weight is 153 g/mol. The van der Waals surface area contributed by atoms with Gasteiger partial charge in [0.15, 0.2) is 0 Å². The third-order valence-electron chi connectivity index (χ3n) is 2.67. The summed E-state index contributed by atoms with van der Waals surface area (Å²) < 4.78 is 0. The lowest BCUT2D eigenvalue weighted by molar-refractivity contribution is 0.0679. The van der Waals surface area contributed by atoms with Crippen LogP contribution in [-0.2, 0) is 0 Å². The number of hydrogen-bond acceptors (Lipinski definition) is 2. The summed E-state index contributed by atoms with van der Waals surface area (Å²) in [6.07, 6.45) is 3.60. The summed E-state index contributed by atoms with van der Waals surface area (Å²) in [4.78, 5) is 0. The summed E-state index contributed by atoms with van der Waals surface area (Å²) in [5, 5.41) is 18.1. The van der Waals surface area contributed by atoms with E-state index in [4.69, 9.17) is 5.26 Å². The Morgan fingerprint density at radius 3 is 2.73 bits per heavy atom. The van der Waals surface area contributed by atoms with Crippen molar-refractivity contribution in [3.63, 3.8) is 0 Å². The number of rotatable bonds is 1. The number of nitrogens with zero attached hydrogens (tertiary/aromatic N) is 1. The van der Waals surface area contributed by atoms with Crippen molar-refractivity contribution >= 4 is 0 Å². The van der Waals surface area contributed by atoms with E-state index in [0.717, 1.165) is 25.7 Å². The SMILES string of the molecule is CC[C@@H]1CCC(C#N)C(O)C1. The maximum atomic E-state index is 9.45. The summed E-state index contributed by atoms with van der Waals surface area (Å²) >= 11 is 0. The lowest BCUT2D eigenvalue weighted by Crippen LogP contribution is -2.27. The molecule has 1 aliphatic carbocycles. The van der Waals surface area contributed by atoms with Crippen LogP contribution in [-0.4, -0.2) is 11.2 Å². The molecule has 2 nitrogen and oxygen atoms in total. The zero-order chi connectivity index (χ0) is 8.27. The van der Waals surface area contributed by atoms with Crippen LogP contribution in [0.15, 0.2) is 0 Å². The molecule has 0 aromatic heterocycles. The molecule has 1 fully saturated rings. The molecule has 1 saturated carbocycles. The van der Waals surface area contributed by atoms with E-state index >= 15 is 0 Å². The molecule has 0 amide bonds. The third-order valence-corrected chi connectivity index (χ3v) is 2.67. The molecule has 1 aliphatic rings. The van der Waals surface area contributed by atoms with Gasteiger partial charge in [-0.05, 0) is 25.2 Å². The first-order valence-corrected chi connectivity index (χ1v) is 4.35. The Hall–Kier alpha value is -0.550. The Labute approximate surface area is 67.8 Å². The average Bonchev–Trinajstić information content (AvgIpc) is 2.04. The number of nitriles is 1. The predicted octanol–water partition coefficient (Wildman–Crippen LogP) is 1.70. The lowest BCUT2D eigenvalue weighted by Gasteiger charge is -2.28. The van der Waals surface area contributed by atoms with Crippen LogP contribution >= 0.6 is 0 Å². The molecule has 11 heavy (non-hydrogen) atoms. The topological polar surface area (TPSA) is 44.0 Å². The van der Waals surface area contributed by atoms with Crippen molar-refractivity contribution in [3.05, 3.63) is 0 Å². The first-order chi connectivity index (χ1) is 5.27. The van der Waals surface area contributed by atoms with Crippen LogP contribution in [0.2, 0.25) is 0 Å². The van der Waals surface area contributed by atoms with E-state index in [1.807, 2.05) is 0 Å². The molecule has 0 aliphatic heterocycles. The minimum atomic E-state index is -0.362. The summed E-state index contributed by atoms with van der Waals surface area (Å²) in [5.74, 6) is 0.549. The van der Waals surface area contributed by atoms with Crippen molar-refractivity contribution in [2.75, 3.05) is 0 Å². The van der Waals surface area contributed by atoms with Gasteiger partial charge in [-0.1, -0.05) is 13.3 Å². The monoisotopic (exact) mass is 153 g/mol. The first kappa shape index (κ1) is 8.55. The van der Waals surface area contributed by atoms with E-state index in [0.29, 0.717) is 5.92 Å². The fraction of sp³-hybridized carbons (Fsp3) is 0.889. The normalized spacial score (nSPS) is 38.1. The second-order valence-corrected chi connectivity index (χ2v) is 3.39. The molecule has 0 heterocycles. The van der Waals surface area contributed by atoms with Crippen LogP contribution in [0, 0.1) is 23.2 Å². The van der Waals surface area contributed by atoms with Gasteiger partial charge in [0.05, 0.1) is 18.1 Å². The second kappa shape index (κ2) is 3.73. The molecule has 0 aromatic rings. The summed E-state index contributed by atoms with van der Waals surface area (Å²) in [7, 11) is 0. The van der Waals surface area contributed by atoms with E-state index in [2.05, 4.69) is 13.0 Å². The van der Waals surface area contributed by atoms with Crippen LogP contribution in [0.4, 0.5) is 0 Å². The van der Waals surface area contributed by atoms with Crippen molar-refractivity contribution in [1.29, 1.82) is 5.26 Å². The number of aliphatic hydroxyl groups excluding tert-OH is 1. The van der Waals surface area contributed by atoms with Crippen LogP contribution in [0.1, 0.15) is 32.6 Å². The van der Waals surface area contributed by atoms with E-state index < -0.39 is 0 Å². The molecule has 1 rings (SSSR count). The Morgan fingerprint density at radius 1 is 1.55 bits per heavy atom. The predicted molar refractivity (Wildman–Crippen MR) is 42.7 cm³/mol. The van der Waals surface area contributed by atoms with Gasteiger partial charge in [0.2, 0.25) is 0 Å². The molecule has 1 N–H and O–H groups in total. The number of aliphatic hydroxyl groups is 1. The Morgan fingerprint density at radius 2 is 2.27 bits per heavy atom. The lowest BCUT2D eigenvalue weighted by atomic mass is 9.79. The van der Waals surface area contributed by atoms with Crippen molar-refractivity contribution in [2.24, 2.45) is 11.8 Å². The Kier molecular flexibility index (Phi) is 2.90. The van der Waals surface area contributed by atoms with Crippen LogP contribution in [0.3, 0.4) is 0 Å². The standard InChI is InChI=1S/C9H15NO/c1-2-7-3-4-8(6-10)9(11)5-7/h7-9,11H,2-5H2,1H3/t7-,8?,9?/m1/s1. The van der Waals surface area contributed by atoms with E-state index in [9.17, 15) is 5.11 Å². The van der Waals surface area contributed by atoms with E-state index in [1.54, 1.807) is 0 Å². The largest absolute Gasteiger partial charge is 0.392 e. The smallest absolute Gasteiger partial charge is 0.0722 e. The van der Waals surface area contributed by atoms with Crippen molar-refractivity contribution < 1.29 is 5.11 Å². The summed E-state index contributed by atoms with van der Waals surface area (Å²) in [6, 6.07) is 2.15. The van der Waals surface area contributed by atoms with Gasteiger partial charge in [-0.3, -0.25) is 0 Å². The molecular formula is C9H15NO. The molecule has 2 heteroatoms. The minimum absolute atomic E-state index is 0.0993. The minimum Gasteiger partial charge on any atom is -0.392 e. The van der Waals surface area contributed by atoms with Gasteiger partial charge < -0.3 is 5.11 Å². The van der Waals surface area contributed by atoms with Crippen LogP contribution < -0.4 is 0 Å². The Balaban J connectivity index is 2.42.